The summed E-state index contributed by atoms with van der Waals surface area (Å²) < 4.78 is 17.3. The average molecular weight is 264 g/mol. The van der Waals surface area contributed by atoms with E-state index >= 15 is 0 Å². The molecule has 0 saturated carbocycles. The molecule has 18 heavy (non-hydrogen) atoms. The van der Waals surface area contributed by atoms with Crippen LogP contribution in [0.1, 0.15) is 35.0 Å². The van der Waals surface area contributed by atoms with Gasteiger partial charge in [0.1, 0.15) is 5.25 Å². The number of nitrogens with zero attached hydrogens (tertiary/aromatic N) is 2. The third-order valence-electron chi connectivity index (χ3n) is 2.68. The molecule has 2 rings (SSSR count). The average Bonchev–Trinajstić information content (AvgIpc) is 2.75. The molecule has 0 amide bonds. The van der Waals surface area contributed by atoms with Gasteiger partial charge in [0, 0.05) is 16.6 Å². The lowest BCUT2D eigenvalue weighted by molar-refractivity contribution is 0.375. The molecule has 2 atom stereocenters. The van der Waals surface area contributed by atoms with Gasteiger partial charge >= 0.3 is 0 Å². The first kappa shape index (κ1) is 13.0. The fourth-order valence-corrected chi connectivity index (χ4v) is 2.76. The van der Waals surface area contributed by atoms with Gasteiger partial charge in [-0.15, -0.1) is 0 Å². The second-order valence-electron chi connectivity index (χ2n) is 4.34. The van der Waals surface area contributed by atoms with Crippen molar-refractivity contribution < 1.29 is 8.73 Å². The van der Waals surface area contributed by atoms with E-state index < -0.39 is 10.8 Å². The van der Waals surface area contributed by atoms with Crippen LogP contribution in [0.5, 0.6) is 0 Å². The molecule has 1 aromatic carbocycles. The predicted molar refractivity (Wildman–Crippen MR) is 70.5 cm³/mol. The summed E-state index contributed by atoms with van der Waals surface area (Å²) >= 11 is 0. The molecule has 96 valence electrons. The minimum atomic E-state index is -1.06. The Kier molecular flexibility index (Phi) is 3.91. The zero-order valence-electron chi connectivity index (χ0n) is 10.7. The summed E-state index contributed by atoms with van der Waals surface area (Å²) in [5.74, 6) is 1.52. The second-order valence-corrected chi connectivity index (χ2v) is 6.09. The van der Waals surface area contributed by atoms with E-state index in [0.717, 1.165) is 5.56 Å². The Balaban J connectivity index is 2.08. The van der Waals surface area contributed by atoms with Crippen LogP contribution in [0.2, 0.25) is 0 Å². The highest BCUT2D eigenvalue weighted by atomic mass is 32.2. The summed E-state index contributed by atoms with van der Waals surface area (Å²) in [7, 11) is -1.06. The zero-order valence-corrected chi connectivity index (χ0v) is 11.5. The van der Waals surface area contributed by atoms with Gasteiger partial charge in [-0.2, -0.15) is 4.98 Å². The zero-order chi connectivity index (χ0) is 13.1. The van der Waals surface area contributed by atoms with E-state index in [1.54, 1.807) is 6.92 Å². The van der Waals surface area contributed by atoms with E-state index in [4.69, 9.17) is 4.52 Å². The van der Waals surface area contributed by atoms with Crippen molar-refractivity contribution in [1.29, 1.82) is 0 Å². The highest BCUT2D eigenvalue weighted by molar-refractivity contribution is 7.84. The van der Waals surface area contributed by atoms with Gasteiger partial charge in [0.05, 0.1) is 0 Å². The first-order chi connectivity index (χ1) is 8.56. The van der Waals surface area contributed by atoms with Crippen LogP contribution in [0, 0.1) is 13.8 Å². The van der Waals surface area contributed by atoms with E-state index in [2.05, 4.69) is 10.1 Å². The Labute approximate surface area is 109 Å². The number of rotatable bonds is 4. The molecule has 0 saturated heterocycles. The normalized spacial score (nSPS) is 14.4. The SMILES string of the molecule is Cc1cccc(C[S@@](=O)[C@@H](C)c2nc(C)no2)c1. The van der Waals surface area contributed by atoms with E-state index in [9.17, 15) is 4.21 Å². The summed E-state index contributed by atoms with van der Waals surface area (Å²) in [6.07, 6.45) is 0. The summed E-state index contributed by atoms with van der Waals surface area (Å²) in [6, 6.07) is 8.03. The molecule has 0 aliphatic carbocycles. The minimum absolute atomic E-state index is 0.244. The first-order valence-corrected chi connectivity index (χ1v) is 7.17. The van der Waals surface area contributed by atoms with E-state index in [1.807, 2.05) is 38.1 Å². The molecule has 1 aromatic heterocycles. The number of hydrogen-bond acceptors (Lipinski definition) is 4. The molecule has 5 heteroatoms. The third kappa shape index (κ3) is 3.04. The fourth-order valence-electron chi connectivity index (χ4n) is 1.68. The topological polar surface area (TPSA) is 56.0 Å². The van der Waals surface area contributed by atoms with Crippen molar-refractivity contribution in [1.82, 2.24) is 10.1 Å². The monoisotopic (exact) mass is 264 g/mol. The van der Waals surface area contributed by atoms with Gasteiger partial charge < -0.3 is 4.52 Å². The van der Waals surface area contributed by atoms with Crippen LogP contribution in [-0.2, 0) is 16.6 Å². The van der Waals surface area contributed by atoms with Crippen LogP contribution in [0.3, 0.4) is 0 Å². The maximum absolute atomic E-state index is 12.2. The van der Waals surface area contributed by atoms with Crippen molar-refractivity contribution in [3.8, 4) is 0 Å². The van der Waals surface area contributed by atoms with E-state index in [1.165, 1.54) is 5.56 Å². The molecular formula is C13H16N2O2S. The first-order valence-electron chi connectivity index (χ1n) is 5.79. The standard InChI is InChI=1S/C13H16N2O2S/c1-9-5-4-6-12(7-9)8-18(16)10(2)13-14-11(3)15-17-13/h4-7,10H,8H2,1-3H3/t10-,18+/m0/s1. The molecule has 0 aliphatic rings. The fraction of sp³-hybridized carbons (Fsp3) is 0.385. The van der Waals surface area contributed by atoms with Gasteiger partial charge in [-0.1, -0.05) is 35.0 Å². The smallest absolute Gasteiger partial charge is 0.242 e. The third-order valence-corrected chi connectivity index (χ3v) is 4.28. The van der Waals surface area contributed by atoms with Crippen molar-refractivity contribution in [2.24, 2.45) is 0 Å². The lowest BCUT2D eigenvalue weighted by Crippen LogP contribution is -2.06. The molecule has 0 aliphatic heterocycles. The van der Waals surface area contributed by atoms with Crippen LogP contribution in [0.25, 0.3) is 0 Å². The van der Waals surface area contributed by atoms with Gasteiger partial charge in [-0.05, 0) is 26.3 Å². The second kappa shape index (κ2) is 5.44. The van der Waals surface area contributed by atoms with Crippen LogP contribution in [0.15, 0.2) is 28.8 Å². The summed E-state index contributed by atoms with van der Waals surface area (Å²) in [6.45, 7) is 5.62. The molecule has 0 N–H and O–H groups in total. The minimum Gasteiger partial charge on any atom is -0.338 e. The van der Waals surface area contributed by atoms with E-state index in [-0.39, 0.29) is 5.25 Å². The summed E-state index contributed by atoms with van der Waals surface area (Å²) in [5.41, 5.74) is 2.24. The van der Waals surface area contributed by atoms with Crippen molar-refractivity contribution >= 4 is 10.8 Å². The summed E-state index contributed by atoms with van der Waals surface area (Å²) in [5, 5.41) is 3.48. The van der Waals surface area contributed by atoms with Gasteiger partial charge in [0.15, 0.2) is 5.82 Å². The Bertz CT molecular complexity index is 566. The Morgan fingerprint density at radius 3 is 2.78 bits per heavy atom. The number of hydrogen-bond donors (Lipinski definition) is 0. The largest absolute Gasteiger partial charge is 0.338 e. The van der Waals surface area contributed by atoms with Crippen molar-refractivity contribution in [3.63, 3.8) is 0 Å². The summed E-state index contributed by atoms with van der Waals surface area (Å²) in [4.78, 5) is 4.12. The molecule has 2 aromatic rings. The van der Waals surface area contributed by atoms with Crippen LogP contribution in [0.4, 0.5) is 0 Å². The molecule has 1 heterocycles. The molecule has 0 radical (unpaired) electrons. The van der Waals surface area contributed by atoms with Crippen molar-refractivity contribution in [2.75, 3.05) is 0 Å². The lowest BCUT2D eigenvalue weighted by Gasteiger charge is -2.07. The van der Waals surface area contributed by atoms with Gasteiger partial charge in [0.2, 0.25) is 5.89 Å². The Morgan fingerprint density at radius 2 is 2.17 bits per heavy atom. The highest BCUT2D eigenvalue weighted by Crippen LogP contribution is 2.20. The van der Waals surface area contributed by atoms with Crippen molar-refractivity contribution in [3.05, 3.63) is 47.1 Å². The quantitative estimate of drug-likeness (QED) is 0.852. The number of aryl methyl sites for hydroxylation is 2. The molecule has 0 fully saturated rings. The van der Waals surface area contributed by atoms with Gasteiger partial charge in [-0.3, -0.25) is 4.21 Å². The maximum Gasteiger partial charge on any atom is 0.242 e. The molecule has 0 spiro atoms. The number of aromatic nitrogens is 2. The Hall–Kier alpha value is -1.49. The van der Waals surface area contributed by atoms with Crippen LogP contribution >= 0.6 is 0 Å². The highest BCUT2D eigenvalue weighted by Gasteiger charge is 2.19. The molecular weight excluding hydrogens is 248 g/mol. The van der Waals surface area contributed by atoms with Crippen LogP contribution in [-0.4, -0.2) is 14.3 Å². The molecule has 0 unspecified atom stereocenters. The lowest BCUT2D eigenvalue weighted by atomic mass is 10.2. The van der Waals surface area contributed by atoms with Gasteiger partial charge in [-0.25, -0.2) is 0 Å². The van der Waals surface area contributed by atoms with Crippen molar-refractivity contribution in [2.45, 2.75) is 31.8 Å². The molecule has 0 bridgehead atoms. The van der Waals surface area contributed by atoms with Gasteiger partial charge in [0.25, 0.3) is 0 Å². The Morgan fingerprint density at radius 1 is 1.39 bits per heavy atom. The van der Waals surface area contributed by atoms with E-state index in [0.29, 0.717) is 17.5 Å². The maximum atomic E-state index is 12.2. The predicted octanol–water partition coefficient (Wildman–Crippen LogP) is 2.70. The van der Waals surface area contributed by atoms with Crippen LogP contribution < -0.4 is 0 Å². The molecule has 4 nitrogen and oxygen atoms in total. The number of benzene rings is 1.